The molecule has 5 nitrogen and oxygen atoms in total. The molecule has 0 bridgehead atoms. The van der Waals surface area contributed by atoms with Gasteiger partial charge in [-0.2, -0.15) is 13.2 Å². The second-order valence-corrected chi connectivity index (χ2v) is 6.14. The van der Waals surface area contributed by atoms with Gasteiger partial charge in [-0.25, -0.2) is 15.0 Å². The number of hydrogen-bond acceptors (Lipinski definition) is 6. The number of aromatic nitrogens is 3. The van der Waals surface area contributed by atoms with Crippen molar-refractivity contribution >= 4 is 11.3 Å². The van der Waals surface area contributed by atoms with Crippen LogP contribution < -0.4 is 4.74 Å². The Bertz CT molecular complexity index is 925. The summed E-state index contributed by atoms with van der Waals surface area (Å²) in [4.78, 5) is 11.5. The molecule has 2 aromatic heterocycles. The summed E-state index contributed by atoms with van der Waals surface area (Å²) in [6.07, 6.45) is -3.86. The number of hydrogen-bond donors (Lipinski definition) is 1. The van der Waals surface area contributed by atoms with Crippen molar-refractivity contribution in [1.29, 1.82) is 0 Å². The van der Waals surface area contributed by atoms with Crippen LogP contribution in [-0.2, 0) is 6.18 Å². The zero-order chi connectivity index (χ0) is 18.2. The summed E-state index contributed by atoms with van der Waals surface area (Å²) in [7, 11) is 1.42. The molecule has 0 saturated carbocycles. The largest absolute Gasteiger partial charge is 0.507 e. The number of phenolic OH excluding ortho intramolecular Hbond substituents is 1. The molecule has 1 N–H and O–H groups in total. The Morgan fingerprint density at radius 2 is 1.96 bits per heavy atom. The Kier molecular flexibility index (Phi) is 4.34. The van der Waals surface area contributed by atoms with Crippen LogP contribution in [0.15, 0.2) is 29.9 Å². The lowest BCUT2D eigenvalue weighted by Crippen LogP contribution is -2.12. The first-order valence-electron chi connectivity index (χ1n) is 7.03. The highest BCUT2D eigenvalue weighted by Gasteiger charge is 2.38. The predicted molar refractivity (Wildman–Crippen MR) is 86.5 cm³/mol. The van der Waals surface area contributed by atoms with Crippen LogP contribution >= 0.6 is 11.3 Å². The van der Waals surface area contributed by atoms with Crippen LogP contribution in [-0.4, -0.2) is 27.2 Å². The third kappa shape index (κ3) is 3.27. The van der Waals surface area contributed by atoms with Gasteiger partial charge in [0.2, 0.25) is 0 Å². The third-order valence-electron chi connectivity index (χ3n) is 3.45. The number of thiazole rings is 1. The lowest BCUT2D eigenvalue weighted by molar-refractivity contribution is -0.140. The number of aryl methyl sites for hydroxylation is 1. The number of methoxy groups -OCH3 is 1. The quantitative estimate of drug-likeness (QED) is 0.747. The van der Waals surface area contributed by atoms with Crippen molar-refractivity contribution in [2.24, 2.45) is 0 Å². The molecule has 130 valence electrons. The van der Waals surface area contributed by atoms with Crippen molar-refractivity contribution in [2.45, 2.75) is 13.1 Å². The summed E-state index contributed by atoms with van der Waals surface area (Å²) in [5.41, 5.74) is -1.17. The van der Waals surface area contributed by atoms with Gasteiger partial charge in [-0.05, 0) is 19.1 Å². The number of phenols is 1. The number of nitrogens with zero attached hydrogens (tertiary/aromatic N) is 3. The van der Waals surface area contributed by atoms with E-state index in [9.17, 15) is 18.3 Å². The highest BCUT2D eigenvalue weighted by atomic mass is 32.1. The molecule has 0 unspecified atom stereocenters. The minimum Gasteiger partial charge on any atom is -0.507 e. The van der Waals surface area contributed by atoms with Gasteiger partial charge >= 0.3 is 6.18 Å². The van der Waals surface area contributed by atoms with E-state index in [0.717, 1.165) is 6.33 Å². The van der Waals surface area contributed by atoms with Gasteiger partial charge in [-0.15, -0.1) is 11.3 Å². The van der Waals surface area contributed by atoms with Crippen LogP contribution in [0.3, 0.4) is 0 Å². The van der Waals surface area contributed by atoms with Gasteiger partial charge in [0.15, 0.2) is 5.69 Å². The lowest BCUT2D eigenvalue weighted by Gasteiger charge is -2.15. The van der Waals surface area contributed by atoms with Crippen molar-refractivity contribution in [2.75, 3.05) is 7.11 Å². The van der Waals surface area contributed by atoms with Gasteiger partial charge in [-0.3, -0.25) is 0 Å². The van der Waals surface area contributed by atoms with Crippen LogP contribution in [0.1, 0.15) is 10.7 Å². The SMILES string of the molecule is COc1ccc(-c2ncnc(C(F)(F)F)c2-c2csc(C)n2)c(O)c1. The Hall–Kier alpha value is -2.68. The summed E-state index contributed by atoms with van der Waals surface area (Å²) >= 11 is 1.22. The molecule has 25 heavy (non-hydrogen) atoms. The Balaban J connectivity index is 2.31. The van der Waals surface area contributed by atoms with Crippen molar-refractivity contribution in [3.63, 3.8) is 0 Å². The molecule has 0 amide bonds. The third-order valence-corrected chi connectivity index (χ3v) is 4.22. The van der Waals surface area contributed by atoms with E-state index in [1.807, 2.05) is 0 Å². The van der Waals surface area contributed by atoms with E-state index in [1.165, 1.54) is 42.0 Å². The van der Waals surface area contributed by atoms with Gasteiger partial charge in [0.1, 0.15) is 17.8 Å². The van der Waals surface area contributed by atoms with Crippen LogP contribution in [0.4, 0.5) is 13.2 Å². The van der Waals surface area contributed by atoms with Crippen LogP contribution in [0.5, 0.6) is 11.5 Å². The normalized spacial score (nSPS) is 11.6. The molecular weight excluding hydrogens is 355 g/mol. The molecule has 0 aliphatic heterocycles. The Morgan fingerprint density at radius 3 is 2.52 bits per heavy atom. The number of aromatic hydroxyl groups is 1. The highest BCUT2D eigenvalue weighted by Crippen LogP contribution is 2.42. The number of rotatable bonds is 3. The lowest BCUT2D eigenvalue weighted by atomic mass is 10.0. The van der Waals surface area contributed by atoms with E-state index in [4.69, 9.17) is 4.74 Å². The number of ether oxygens (including phenoxy) is 1. The first-order chi connectivity index (χ1) is 11.8. The molecule has 0 aliphatic rings. The van der Waals surface area contributed by atoms with Crippen LogP contribution in [0, 0.1) is 6.92 Å². The Morgan fingerprint density at radius 1 is 1.20 bits per heavy atom. The smallest absolute Gasteiger partial charge is 0.434 e. The van der Waals surface area contributed by atoms with E-state index >= 15 is 0 Å². The molecule has 3 aromatic rings. The fourth-order valence-corrected chi connectivity index (χ4v) is 2.97. The van der Waals surface area contributed by atoms with Gasteiger partial charge in [-0.1, -0.05) is 0 Å². The van der Waals surface area contributed by atoms with E-state index in [0.29, 0.717) is 10.8 Å². The van der Waals surface area contributed by atoms with Gasteiger partial charge in [0.05, 0.1) is 29.1 Å². The Labute approximate surface area is 144 Å². The second-order valence-electron chi connectivity index (χ2n) is 5.08. The van der Waals surface area contributed by atoms with Gasteiger partial charge in [0, 0.05) is 17.0 Å². The average molecular weight is 367 g/mol. The first-order valence-corrected chi connectivity index (χ1v) is 7.91. The van der Waals surface area contributed by atoms with Crippen LogP contribution in [0.25, 0.3) is 22.5 Å². The van der Waals surface area contributed by atoms with E-state index in [1.54, 1.807) is 6.92 Å². The van der Waals surface area contributed by atoms with E-state index in [-0.39, 0.29) is 28.3 Å². The zero-order valence-electron chi connectivity index (χ0n) is 13.1. The molecule has 3 rings (SSSR count). The van der Waals surface area contributed by atoms with E-state index in [2.05, 4.69) is 15.0 Å². The fraction of sp³-hybridized carbons (Fsp3) is 0.188. The monoisotopic (exact) mass is 367 g/mol. The van der Waals surface area contributed by atoms with Gasteiger partial charge in [0.25, 0.3) is 0 Å². The number of halogens is 3. The molecule has 1 aromatic carbocycles. The number of alkyl halides is 3. The molecule has 0 radical (unpaired) electrons. The van der Waals surface area contributed by atoms with Crippen molar-refractivity contribution in [1.82, 2.24) is 15.0 Å². The average Bonchev–Trinajstić information content (AvgIpc) is 2.99. The van der Waals surface area contributed by atoms with Crippen molar-refractivity contribution in [3.05, 3.63) is 40.6 Å². The summed E-state index contributed by atoms with van der Waals surface area (Å²) in [5.74, 6) is 0.122. The topological polar surface area (TPSA) is 68.1 Å². The zero-order valence-corrected chi connectivity index (χ0v) is 13.9. The predicted octanol–water partition coefficient (Wildman–Crippen LogP) is 4.31. The maximum atomic E-state index is 13.5. The van der Waals surface area contributed by atoms with Gasteiger partial charge < -0.3 is 9.84 Å². The first kappa shape index (κ1) is 17.2. The highest BCUT2D eigenvalue weighted by molar-refractivity contribution is 7.09. The molecule has 0 fully saturated rings. The molecular formula is C16H12F3N3O2S. The summed E-state index contributed by atoms with van der Waals surface area (Å²) in [6, 6.07) is 4.28. The minimum atomic E-state index is -4.69. The van der Waals surface area contributed by atoms with Crippen molar-refractivity contribution < 1.29 is 23.0 Å². The molecule has 0 spiro atoms. The number of benzene rings is 1. The molecule has 0 aliphatic carbocycles. The second kappa shape index (κ2) is 6.32. The maximum absolute atomic E-state index is 13.5. The summed E-state index contributed by atoms with van der Waals surface area (Å²) < 4.78 is 45.4. The fourth-order valence-electron chi connectivity index (χ4n) is 2.36. The molecule has 2 heterocycles. The minimum absolute atomic E-state index is 0.0484. The van der Waals surface area contributed by atoms with Crippen molar-refractivity contribution in [3.8, 4) is 34.0 Å². The maximum Gasteiger partial charge on any atom is 0.434 e. The molecule has 9 heteroatoms. The van der Waals surface area contributed by atoms with E-state index < -0.39 is 11.9 Å². The molecule has 0 atom stereocenters. The summed E-state index contributed by atoms with van der Waals surface area (Å²) in [5, 5.41) is 12.3. The van der Waals surface area contributed by atoms with Crippen LogP contribution in [0.2, 0.25) is 0 Å². The molecule has 0 saturated heterocycles. The summed E-state index contributed by atoms with van der Waals surface area (Å²) in [6.45, 7) is 1.69. The standard InChI is InChI=1S/C16H12F3N3O2S/c1-8-22-11(6-25-8)13-14(20-7-21-15(13)16(17,18)19)10-4-3-9(24-2)5-12(10)23/h3-7,23H,1-2H3.